The van der Waals surface area contributed by atoms with Crippen LogP contribution in [0.15, 0.2) is 0 Å². The lowest BCUT2D eigenvalue weighted by molar-refractivity contribution is -0.147. The molecule has 0 aliphatic heterocycles. The fourth-order valence-electron chi connectivity index (χ4n) is 2.34. The van der Waals surface area contributed by atoms with Crippen LogP contribution in [-0.4, -0.2) is 31.7 Å². The lowest BCUT2D eigenvalue weighted by Gasteiger charge is -2.29. The maximum atomic E-state index is 12.1. The van der Waals surface area contributed by atoms with Crippen molar-refractivity contribution in [2.45, 2.75) is 57.5 Å². The Labute approximate surface area is 98.5 Å². The minimum absolute atomic E-state index is 0.130. The van der Waals surface area contributed by atoms with Crippen LogP contribution in [0.25, 0.3) is 0 Å². The van der Waals surface area contributed by atoms with E-state index in [0.717, 1.165) is 32.1 Å². The van der Waals surface area contributed by atoms with Crippen LogP contribution in [0.5, 0.6) is 0 Å². The first-order valence-electron chi connectivity index (χ1n) is 6.41. The molecule has 0 radical (unpaired) electrons. The molecular formula is C13H24O3. The average Bonchev–Trinajstić information content (AvgIpc) is 2.55. The molecule has 0 amide bonds. The van der Waals surface area contributed by atoms with Crippen molar-refractivity contribution in [1.29, 1.82) is 0 Å². The number of carbonyl (C=O) groups excluding carboxylic acids is 1. The van der Waals surface area contributed by atoms with Gasteiger partial charge >= 0.3 is 0 Å². The highest BCUT2D eigenvalue weighted by Crippen LogP contribution is 2.30. The van der Waals surface area contributed by atoms with Gasteiger partial charge in [-0.15, -0.1) is 0 Å². The second-order valence-electron chi connectivity index (χ2n) is 4.59. The predicted molar refractivity (Wildman–Crippen MR) is 63.6 cm³/mol. The number of hydrogen-bond acceptors (Lipinski definition) is 3. The van der Waals surface area contributed by atoms with Crippen molar-refractivity contribution < 1.29 is 14.3 Å². The molecule has 1 saturated carbocycles. The molecule has 1 rings (SSSR count). The van der Waals surface area contributed by atoms with Crippen LogP contribution < -0.4 is 0 Å². The zero-order valence-corrected chi connectivity index (χ0v) is 10.6. The first kappa shape index (κ1) is 13.7. The molecule has 0 aromatic heterocycles. The Morgan fingerprint density at radius 2 is 1.81 bits per heavy atom. The van der Waals surface area contributed by atoms with E-state index >= 15 is 0 Å². The third kappa shape index (κ3) is 3.56. The maximum Gasteiger partial charge on any atom is 0.190 e. The van der Waals surface area contributed by atoms with Crippen LogP contribution in [-0.2, 0) is 14.3 Å². The molecule has 1 fully saturated rings. The highest BCUT2D eigenvalue weighted by Gasteiger charge is 2.37. The van der Waals surface area contributed by atoms with E-state index in [2.05, 4.69) is 0 Å². The molecule has 16 heavy (non-hydrogen) atoms. The van der Waals surface area contributed by atoms with Gasteiger partial charge in [-0.05, 0) is 19.3 Å². The molecule has 0 atom stereocenters. The predicted octanol–water partition coefficient (Wildman–Crippen LogP) is 2.72. The summed E-state index contributed by atoms with van der Waals surface area (Å²) >= 11 is 0. The number of ether oxygens (including phenoxy) is 2. The van der Waals surface area contributed by atoms with Gasteiger partial charge in [0.15, 0.2) is 5.78 Å². The Morgan fingerprint density at radius 1 is 1.19 bits per heavy atom. The Morgan fingerprint density at radius 3 is 2.31 bits per heavy atom. The van der Waals surface area contributed by atoms with Gasteiger partial charge in [-0.1, -0.05) is 32.6 Å². The fourth-order valence-corrected chi connectivity index (χ4v) is 2.34. The van der Waals surface area contributed by atoms with Gasteiger partial charge < -0.3 is 9.47 Å². The zero-order valence-electron chi connectivity index (χ0n) is 10.6. The van der Waals surface area contributed by atoms with Crippen molar-refractivity contribution in [1.82, 2.24) is 0 Å². The Kier molecular flexibility index (Phi) is 5.99. The second kappa shape index (κ2) is 7.02. The van der Waals surface area contributed by atoms with E-state index in [-0.39, 0.29) is 12.4 Å². The molecule has 1 aliphatic rings. The molecule has 0 spiro atoms. The van der Waals surface area contributed by atoms with E-state index in [0.29, 0.717) is 6.61 Å². The molecule has 3 heteroatoms. The van der Waals surface area contributed by atoms with Crippen molar-refractivity contribution in [3.05, 3.63) is 0 Å². The summed E-state index contributed by atoms with van der Waals surface area (Å²) in [6.07, 6.45) is 7.28. The van der Waals surface area contributed by atoms with Gasteiger partial charge in [0.25, 0.3) is 0 Å². The second-order valence-corrected chi connectivity index (χ2v) is 4.59. The first-order chi connectivity index (χ1) is 7.75. The van der Waals surface area contributed by atoms with Crippen molar-refractivity contribution in [2.24, 2.45) is 0 Å². The maximum absolute atomic E-state index is 12.1. The summed E-state index contributed by atoms with van der Waals surface area (Å²) in [6, 6.07) is 0. The molecule has 3 nitrogen and oxygen atoms in total. The lowest BCUT2D eigenvalue weighted by Crippen LogP contribution is -2.42. The van der Waals surface area contributed by atoms with Crippen molar-refractivity contribution in [3.63, 3.8) is 0 Å². The van der Waals surface area contributed by atoms with E-state index in [1.54, 1.807) is 7.11 Å². The van der Waals surface area contributed by atoms with Crippen LogP contribution in [0.3, 0.4) is 0 Å². The molecule has 0 bridgehead atoms. The van der Waals surface area contributed by atoms with Crippen molar-refractivity contribution in [3.8, 4) is 0 Å². The number of methoxy groups -OCH3 is 1. The standard InChI is InChI=1S/C13H24O3/c1-3-10-16-11-12(14)13(15-2)8-6-4-5-7-9-13/h3-11H2,1-2H3. The van der Waals surface area contributed by atoms with Gasteiger partial charge in [-0.25, -0.2) is 0 Å². The highest BCUT2D eigenvalue weighted by atomic mass is 16.5. The summed E-state index contributed by atoms with van der Waals surface area (Å²) in [4.78, 5) is 12.1. The van der Waals surface area contributed by atoms with E-state index in [1.165, 1.54) is 12.8 Å². The fraction of sp³-hybridized carbons (Fsp3) is 0.923. The van der Waals surface area contributed by atoms with E-state index in [1.807, 2.05) is 6.92 Å². The van der Waals surface area contributed by atoms with Crippen molar-refractivity contribution in [2.75, 3.05) is 20.3 Å². The van der Waals surface area contributed by atoms with Gasteiger partial charge in [0.2, 0.25) is 0 Å². The SMILES string of the molecule is CCCOCC(=O)C1(OC)CCCCCC1. The van der Waals surface area contributed by atoms with Crippen LogP contribution in [0.4, 0.5) is 0 Å². The normalized spacial score (nSPS) is 20.4. The number of ketones is 1. The molecule has 94 valence electrons. The largest absolute Gasteiger partial charge is 0.374 e. The Bertz CT molecular complexity index is 205. The molecule has 0 aromatic rings. The van der Waals surface area contributed by atoms with Gasteiger partial charge in [-0.3, -0.25) is 4.79 Å². The van der Waals surface area contributed by atoms with Crippen LogP contribution >= 0.6 is 0 Å². The molecular weight excluding hydrogens is 204 g/mol. The first-order valence-corrected chi connectivity index (χ1v) is 6.41. The van der Waals surface area contributed by atoms with Gasteiger partial charge in [0.1, 0.15) is 12.2 Å². The van der Waals surface area contributed by atoms with E-state index < -0.39 is 5.60 Å². The smallest absolute Gasteiger partial charge is 0.190 e. The van der Waals surface area contributed by atoms with Crippen LogP contribution in [0, 0.1) is 0 Å². The number of carbonyl (C=O) groups is 1. The molecule has 0 saturated heterocycles. The molecule has 0 unspecified atom stereocenters. The third-order valence-electron chi connectivity index (χ3n) is 3.39. The van der Waals surface area contributed by atoms with Gasteiger partial charge in [-0.2, -0.15) is 0 Å². The Balaban J connectivity index is 2.51. The van der Waals surface area contributed by atoms with E-state index in [4.69, 9.17) is 9.47 Å². The lowest BCUT2D eigenvalue weighted by atomic mass is 9.89. The van der Waals surface area contributed by atoms with Gasteiger partial charge in [0, 0.05) is 13.7 Å². The zero-order chi connectivity index (χ0) is 11.9. The van der Waals surface area contributed by atoms with Crippen LogP contribution in [0.2, 0.25) is 0 Å². The topological polar surface area (TPSA) is 35.5 Å². The molecule has 1 aliphatic carbocycles. The minimum Gasteiger partial charge on any atom is -0.374 e. The third-order valence-corrected chi connectivity index (χ3v) is 3.39. The minimum atomic E-state index is -0.551. The summed E-state index contributed by atoms with van der Waals surface area (Å²) in [6.45, 7) is 2.91. The Hall–Kier alpha value is -0.410. The molecule has 0 aromatic carbocycles. The number of Topliss-reactive ketones (excluding diaryl/α,β-unsaturated/α-hetero) is 1. The molecule has 0 heterocycles. The molecule has 0 N–H and O–H groups in total. The number of hydrogen-bond donors (Lipinski definition) is 0. The summed E-state index contributed by atoms with van der Waals surface area (Å²) in [5.74, 6) is 0.130. The summed E-state index contributed by atoms with van der Waals surface area (Å²) < 4.78 is 10.9. The van der Waals surface area contributed by atoms with E-state index in [9.17, 15) is 4.79 Å². The average molecular weight is 228 g/mol. The number of rotatable bonds is 6. The van der Waals surface area contributed by atoms with Gasteiger partial charge in [0.05, 0.1) is 0 Å². The van der Waals surface area contributed by atoms with Crippen molar-refractivity contribution >= 4 is 5.78 Å². The quantitative estimate of drug-likeness (QED) is 0.518. The summed E-state index contributed by atoms with van der Waals surface area (Å²) in [5, 5.41) is 0. The summed E-state index contributed by atoms with van der Waals surface area (Å²) in [7, 11) is 1.66. The highest BCUT2D eigenvalue weighted by molar-refractivity contribution is 5.88. The van der Waals surface area contributed by atoms with Crippen LogP contribution in [0.1, 0.15) is 51.9 Å². The monoisotopic (exact) mass is 228 g/mol. The summed E-state index contributed by atoms with van der Waals surface area (Å²) in [5.41, 5.74) is -0.551.